The van der Waals surface area contributed by atoms with Crippen LogP contribution in [0.1, 0.15) is 20.3 Å². The average Bonchev–Trinajstić information content (AvgIpc) is 2.45. The van der Waals surface area contributed by atoms with E-state index in [2.05, 4.69) is 10.2 Å². The average molecular weight is 273 g/mol. The highest BCUT2D eigenvalue weighted by molar-refractivity contribution is 5.83. The van der Waals surface area contributed by atoms with Crippen molar-refractivity contribution in [3.05, 3.63) is 0 Å². The van der Waals surface area contributed by atoms with Crippen molar-refractivity contribution in [2.75, 3.05) is 26.7 Å². The van der Waals surface area contributed by atoms with Gasteiger partial charge in [-0.05, 0) is 33.9 Å². The van der Waals surface area contributed by atoms with Crippen LogP contribution in [-0.4, -0.2) is 76.9 Å². The molecule has 0 aromatic rings. The molecule has 0 saturated carbocycles. The number of likely N-dealkylation sites (N-methyl/N-ethyl adjacent to an activating group) is 1. The monoisotopic (exact) mass is 273 g/mol. The Balaban J connectivity index is 2.67. The van der Waals surface area contributed by atoms with Crippen LogP contribution in [-0.2, 0) is 4.79 Å². The number of aliphatic hydroxyl groups excluding tert-OH is 1. The molecule has 1 aliphatic rings. The zero-order valence-corrected chi connectivity index (χ0v) is 11.7. The summed E-state index contributed by atoms with van der Waals surface area (Å²) in [7, 11) is 1.99. The van der Waals surface area contributed by atoms with Gasteiger partial charge in [0.15, 0.2) is 6.04 Å². The molecule has 3 N–H and O–H groups in total. The summed E-state index contributed by atoms with van der Waals surface area (Å²) >= 11 is 0. The maximum atomic E-state index is 12.1. The molecule has 7 nitrogen and oxygen atoms in total. The summed E-state index contributed by atoms with van der Waals surface area (Å²) in [5.41, 5.74) is 0. The maximum absolute atomic E-state index is 12.1. The molecule has 0 aromatic heterocycles. The van der Waals surface area contributed by atoms with Gasteiger partial charge in [-0.3, -0.25) is 0 Å². The predicted octanol–water partition coefficient (Wildman–Crippen LogP) is -0.444. The van der Waals surface area contributed by atoms with E-state index in [0.717, 1.165) is 19.5 Å². The first-order valence-electron chi connectivity index (χ1n) is 6.49. The minimum atomic E-state index is -1.28. The van der Waals surface area contributed by atoms with Crippen LogP contribution < -0.4 is 5.32 Å². The van der Waals surface area contributed by atoms with Gasteiger partial charge in [-0.1, -0.05) is 0 Å². The topological polar surface area (TPSA) is 93.1 Å². The minimum Gasteiger partial charge on any atom is -0.480 e. The third kappa shape index (κ3) is 4.36. The normalized spacial score (nSPS) is 24.4. The van der Waals surface area contributed by atoms with Crippen LogP contribution in [0.25, 0.3) is 0 Å². The summed E-state index contributed by atoms with van der Waals surface area (Å²) < 4.78 is 0. The Labute approximate surface area is 113 Å². The summed E-state index contributed by atoms with van der Waals surface area (Å²) in [5.74, 6) is -1.23. The Morgan fingerprint density at radius 2 is 2.00 bits per heavy atom. The zero-order chi connectivity index (χ0) is 14.6. The number of carbonyl (C=O) groups excluding carboxylic acids is 1. The van der Waals surface area contributed by atoms with Gasteiger partial charge in [0.05, 0.1) is 6.10 Å². The quantitative estimate of drug-likeness (QED) is 0.648. The van der Waals surface area contributed by atoms with Gasteiger partial charge in [0.2, 0.25) is 0 Å². The molecule has 2 amide bonds. The SMILES string of the molecule is CC1CN(C)CCCN1C(=O)N[C@H](C(=O)O)[C@@H](C)O. The Hall–Kier alpha value is -1.34. The van der Waals surface area contributed by atoms with Gasteiger partial charge in [-0.25, -0.2) is 9.59 Å². The molecule has 110 valence electrons. The second-order valence-corrected chi connectivity index (χ2v) is 5.16. The number of nitrogens with zero attached hydrogens (tertiary/aromatic N) is 2. The molecule has 0 spiro atoms. The number of hydrogen-bond donors (Lipinski definition) is 3. The van der Waals surface area contributed by atoms with Crippen LogP contribution in [0, 0.1) is 0 Å². The van der Waals surface area contributed by atoms with E-state index in [4.69, 9.17) is 5.11 Å². The van der Waals surface area contributed by atoms with Crippen molar-refractivity contribution < 1.29 is 19.8 Å². The molecule has 1 fully saturated rings. The lowest BCUT2D eigenvalue weighted by atomic mass is 10.2. The van der Waals surface area contributed by atoms with Gasteiger partial charge in [0.1, 0.15) is 0 Å². The highest BCUT2D eigenvalue weighted by Gasteiger charge is 2.30. The van der Waals surface area contributed by atoms with Crippen LogP contribution >= 0.6 is 0 Å². The number of hydrogen-bond acceptors (Lipinski definition) is 4. The molecule has 0 bridgehead atoms. The highest BCUT2D eigenvalue weighted by atomic mass is 16.4. The van der Waals surface area contributed by atoms with Crippen molar-refractivity contribution in [2.45, 2.75) is 38.5 Å². The van der Waals surface area contributed by atoms with E-state index >= 15 is 0 Å². The van der Waals surface area contributed by atoms with Crippen molar-refractivity contribution in [1.29, 1.82) is 0 Å². The molecular formula is C12H23N3O4. The molecular weight excluding hydrogens is 250 g/mol. The molecule has 3 atom stereocenters. The fourth-order valence-corrected chi connectivity index (χ4v) is 2.28. The standard InChI is InChI=1S/C12H23N3O4/c1-8-7-14(3)5-4-6-15(8)12(19)13-10(9(2)16)11(17)18/h8-10,16H,4-7H2,1-3H3,(H,13,19)(H,17,18)/t8?,9-,10+/m1/s1. The van der Waals surface area contributed by atoms with Gasteiger partial charge >= 0.3 is 12.0 Å². The van der Waals surface area contributed by atoms with Crippen molar-refractivity contribution in [2.24, 2.45) is 0 Å². The number of aliphatic carboxylic acids is 1. The molecule has 0 aliphatic carbocycles. The molecule has 19 heavy (non-hydrogen) atoms. The maximum Gasteiger partial charge on any atom is 0.328 e. The van der Waals surface area contributed by atoms with E-state index in [0.29, 0.717) is 6.54 Å². The van der Waals surface area contributed by atoms with Crippen LogP contribution in [0.4, 0.5) is 4.79 Å². The highest BCUT2D eigenvalue weighted by Crippen LogP contribution is 2.09. The lowest BCUT2D eigenvalue weighted by Crippen LogP contribution is -2.54. The Morgan fingerprint density at radius 1 is 1.37 bits per heavy atom. The molecule has 0 radical (unpaired) electrons. The number of nitrogens with one attached hydrogen (secondary N) is 1. The number of carbonyl (C=O) groups is 2. The zero-order valence-electron chi connectivity index (χ0n) is 11.7. The van der Waals surface area contributed by atoms with E-state index in [-0.39, 0.29) is 6.04 Å². The summed E-state index contributed by atoms with van der Waals surface area (Å²) in [6, 6.07) is -1.70. The molecule has 1 heterocycles. The summed E-state index contributed by atoms with van der Waals surface area (Å²) in [6.45, 7) is 5.52. The second-order valence-electron chi connectivity index (χ2n) is 5.16. The third-order valence-electron chi connectivity index (χ3n) is 3.34. The van der Waals surface area contributed by atoms with E-state index in [1.54, 1.807) is 4.90 Å². The van der Waals surface area contributed by atoms with Crippen LogP contribution in [0.3, 0.4) is 0 Å². The molecule has 1 saturated heterocycles. The van der Waals surface area contributed by atoms with Gasteiger partial charge < -0.3 is 25.3 Å². The Bertz CT molecular complexity index is 335. The number of rotatable bonds is 3. The Morgan fingerprint density at radius 3 is 2.53 bits per heavy atom. The molecule has 0 aromatic carbocycles. The minimum absolute atomic E-state index is 0.0101. The van der Waals surface area contributed by atoms with Crippen LogP contribution in [0.2, 0.25) is 0 Å². The first-order valence-corrected chi connectivity index (χ1v) is 6.49. The molecule has 7 heteroatoms. The lowest BCUT2D eigenvalue weighted by Gasteiger charge is -2.30. The van der Waals surface area contributed by atoms with E-state index < -0.39 is 24.1 Å². The summed E-state index contributed by atoms with van der Waals surface area (Å²) in [4.78, 5) is 26.8. The molecule has 1 rings (SSSR count). The lowest BCUT2D eigenvalue weighted by molar-refractivity contribution is -0.141. The first-order chi connectivity index (χ1) is 8.82. The van der Waals surface area contributed by atoms with E-state index in [1.165, 1.54) is 6.92 Å². The van der Waals surface area contributed by atoms with Crippen LogP contribution in [0.15, 0.2) is 0 Å². The van der Waals surface area contributed by atoms with Gasteiger partial charge in [-0.15, -0.1) is 0 Å². The molecule has 1 aliphatic heterocycles. The fourth-order valence-electron chi connectivity index (χ4n) is 2.28. The predicted molar refractivity (Wildman–Crippen MR) is 69.9 cm³/mol. The number of aliphatic hydroxyl groups is 1. The van der Waals surface area contributed by atoms with Crippen molar-refractivity contribution in [3.8, 4) is 0 Å². The Kier molecular flexibility index (Phi) is 5.56. The van der Waals surface area contributed by atoms with Gasteiger partial charge in [0, 0.05) is 19.1 Å². The van der Waals surface area contributed by atoms with Crippen molar-refractivity contribution >= 4 is 12.0 Å². The number of amides is 2. The first kappa shape index (κ1) is 15.7. The number of carboxylic acid groups (broad SMARTS) is 1. The largest absolute Gasteiger partial charge is 0.480 e. The summed E-state index contributed by atoms with van der Waals surface area (Å²) in [5, 5.41) is 20.7. The van der Waals surface area contributed by atoms with Gasteiger partial charge in [-0.2, -0.15) is 0 Å². The summed E-state index contributed by atoms with van der Waals surface area (Å²) in [6.07, 6.45) is -0.285. The van der Waals surface area contributed by atoms with E-state index in [9.17, 15) is 14.7 Å². The smallest absolute Gasteiger partial charge is 0.328 e. The van der Waals surface area contributed by atoms with Crippen molar-refractivity contribution in [3.63, 3.8) is 0 Å². The molecule has 1 unspecified atom stereocenters. The number of urea groups is 1. The third-order valence-corrected chi connectivity index (χ3v) is 3.34. The van der Waals surface area contributed by atoms with Crippen molar-refractivity contribution in [1.82, 2.24) is 15.1 Å². The van der Waals surface area contributed by atoms with E-state index in [1.807, 2.05) is 14.0 Å². The van der Waals surface area contributed by atoms with Crippen LogP contribution in [0.5, 0.6) is 0 Å². The second kappa shape index (κ2) is 6.72. The van der Waals surface area contributed by atoms with Gasteiger partial charge in [0.25, 0.3) is 0 Å². The number of carboxylic acids is 1. The fraction of sp³-hybridized carbons (Fsp3) is 0.833.